The molecule has 0 amide bonds. The summed E-state index contributed by atoms with van der Waals surface area (Å²) >= 11 is 0. The molecular weight excluding hydrogens is 144 g/mol. The van der Waals surface area contributed by atoms with Gasteiger partial charge in [0.15, 0.2) is 0 Å². The molecule has 68 valence electrons. The van der Waals surface area contributed by atoms with Gasteiger partial charge in [-0.2, -0.15) is 0 Å². The topological polar surface area (TPSA) is 0 Å². The average Bonchev–Trinajstić information content (AvgIpc) is 2.08. The molecule has 0 spiro atoms. The van der Waals surface area contributed by atoms with Gasteiger partial charge in [-0.3, -0.25) is 0 Å². The summed E-state index contributed by atoms with van der Waals surface area (Å²) in [5.41, 5.74) is 1.26. The zero-order chi connectivity index (χ0) is 9.56. The SMILES string of the molecule is C=C(C)[C@H]1C=CC=CC1C.CC. The standard InChI is InChI=1S/C10H14.C2H6/c1-8(2)10-7-5-4-6-9(10)3;1-2/h4-7,9-10H,1H2,2-3H3;1-2H3/t9?,10-;/m1./s1. The molecule has 0 saturated heterocycles. The molecule has 0 aromatic rings. The molecule has 0 aromatic carbocycles. The first-order chi connectivity index (χ1) is 5.72. The van der Waals surface area contributed by atoms with Crippen LogP contribution in [0.25, 0.3) is 0 Å². The largest absolute Gasteiger partial charge is 0.0995 e. The predicted octanol–water partition coefficient (Wildman–Crippen LogP) is 3.97. The van der Waals surface area contributed by atoms with Crippen molar-refractivity contribution in [1.82, 2.24) is 0 Å². The molecule has 0 aliphatic heterocycles. The molecule has 0 bridgehead atoms. The molecule has 2 atom stereocenters. The van der Waals surface area contributed by atoms with Crippen LogP contribution in [0, 0.1) is 11.8 Å². The lowest BCUT2D eigenvalue weighted by Gasteiger charge is -2.19. The molecule has 0 N–H and O–H groups in total. The normalized spacial score (nSPS) is 26.0. The molecule has 1 aliphatic carbocycles. The molecule has 0 fully saturated rings. The first-order valence-electron chi connectivity index (χ1n) is 4.72. The van der Waals surface area contributed by atoms with Gasteiger partial charge in [-0.25, -0.2) is 0 Å². The van der Waals surface area contributed by atoms with Crippen molar-refractivity contribution < 1.29 is 0 Å². The monoisotopic (exact) mass is 164 g/mol. The van der Waals surface area contributed by atoms with Crippen LogP contribution in [0.1, 0.15) is 27.7 Å². The Balaban J connectivity index is 0.000000561. The molecule has 0 heterocycles. The zero-order valence-electron chi connectivity index (χ0n) is 8.67. The van der Waals surface area contributed by atoms with Crippen LogP contribution in [0.4, 0.5) is 0 Å². The summed E-state index contributed by atoms with van der Waals surface area (Å²) < 4.78 is 0. The Bertz CT molecular complexity index is 184. The number of hydrogen-bond donors (Lipinski definition) is 0. The van der Waals surface area contributed by atoms with Gasteiger partial charge >= 0.3 is 0 Å². The van der Waals surface area contributed by atoms with E-state index in [9.17, 15) is 0 Å². The van der Waals surface area contributed by atoms with Gasteiger partial charge in [-0.15, -0.1) is 0 Å². The third-order valence-corrected chi connectivity index (χ3v) is 1.98. The van der Waals surface area contributed by atoms with E-state index < -0.39 is 0 Å². The molecular formula is C12H20. The summed E-state index contributed by atoms with van der Waals surface area (Å²) in [4.78, 5) is 0. The second-order valence-corrected chi connectivity index (χ2v) is 3.00. The summed E-state index contributed by atoms with van der Waals surface area (Å²) in [7, 11) is 0. The van der Waals surface area contributed by atoms with Gasteiger partial charge in [-0.1, -0.05) is 57.2 Å². The van der Waals surface area contributed by atoms with E-state index in [0.29, 0.717) is 11.8 Å². The molecule has 0 radical (unpaired) electrons. The van der Waals surface area contributed by atoms with Gasteiger partial charge in [0.05, 0.1) is 0 Å². The lowest BCUT2D eigenvalue weighted by atomic mass is 9.85. The van der Waals surface area contributed by atoms with Crippen molar-refractivity contribution in [2.45, 2.75) is 27.7 Å². The lowest BCUT2D eigenvalue weighted by molar-refractivity contribution is 0.578. The third-order valence-electron chi connectivity index (χ3n) is 1.98. The summed E-state index contributed by atoms with van der Waals surface area (Å²) in [5.74, 6) is 1.19. The maximum atomic E-state index is 3.94. The fourth-order valence-corrected chi connectivity index (χ4v) is 1.33. The second kappa shape index (κ2) is 5.82. The summed E-state index contributed by atoms with van der Waals surface area (Å²) in [6, 6.07) is 0. The lowest BCUT2D eigenvalue weighted by Crippen LogP contribution is -2.09. The van der Waals surface area contributed by atoms with Crippen LogP contribution in [-0.2, 0) is 0 Å². The maximum absolute atomic E-state index is 3.94. The van der Waals surface area contributed by atoms with Crippen LogP contribution in [0.3, 0.4) is 0 Å². The van der Waals surface area contributed by atoms with Gasteiger partial charge in [0.25, 0.3) is 0 Å². The minimum atomic E-state index is 0.560. The minimum Gasteiger partial charge on any atom is -0.0995 e. The van der Waals surface area contributed by atoms with Crippen molar-refractivity contribution in [2.24, 2.45) is 11.8 Å². The van der Waals surface area contributed by atoms with E-state index in [1.54, 1.807) is 0 Å². The van der Waals surface area contributed by atoms with Crippen LogP contribution in [-0.4, -0.2) is 0 Å². The molecule has 1 aliphatic rings. The highest BCUT2D eigenvalue weighted by atomic mass is 14.2. The van der Waals surface area contributed by atoms with Crippen LogP contribution < -0.4 is 0 Å². The van der Waals surface area contributed by atoms with E-state index in [-0.39, 0.29) is 0 Å². The van der Waals surface area contributed by atoms with Gasteiger partial charge < -0.3 is 0 Å². The minimum absolute atomic E-state index is 0.560. The van der Waals surface area contributed by atoms with Crippen molar-refractivity contribution in [3.8, 4) is 0 Å². The Labute approximate surface area is 76.7 Å². The van der Waals surface area contributed by atoms with Gasteiger partial charge in [0.2, 0.25) is 0 Å². The van der Waals surface area contributed by atoms with Crippen molar-refractivity contribution >= 4 is 0 Å². The van der Waals surface area contributed by atoms with E-state index in [4.69, 9.17) is 0 Å². The summed E-state index contributed by atoms with van der Waals surface area (Å²) in [6.45, 7) is 12.3. The number of allylic oxidation sites excluding steroid dienone is 5. The van der Waals surface area contributed by atoms with Crippen LogP contribution in [0.5, 0.6) is 0 Å². The van der Waals surface area contributed by atoms with Gasteiger partial charge in [0.1, 0.15) is 0 Å². The van der Waals surface area contributed by atoms with Gasteiger partial charge in [0, 0.05) is 5.92 Å². The Kier molecular flexibility index (Phi) is 5.44. The molecule has 1 rings (SSSR count). The Morgan fingerprint density at radius 2 is 1.67 bits per heavy atom. The number of rotatable bonds is 1. The smallest absolute Gasteiger partial charge is 0.00347 e. The van der Waals surface area contributed by atoms with Gasteiger partial charge in [-0.05, 0) is 12.8 Å². The van der Waals surface area contributed by atoms with E-state index in [2.05, 4.69) is 44.7 Å². The number of hydrogen-bond acceptors (Lipinski definition) is 0. The summed E-state index contributed by atoms with van der Waals surface area (Å²) in [6.07, 6.45) is 8.63. The molecule has 12 heavy (non-hydrogen) atoms. The zero-order valence-corrected chi connectivity index (χ0v) is 8.67. The Morgan fingerprint density at radius 1 is 1.17 bits per heavy atom. The highest BCUT2D eigenvalue weighted by Gasteiger charge is 2.13. The highest BCUT2D eigenvalue weighted by Crippen LogP contribution is 2.24. The van der Waals surface area contributed by atoms with Crippen LogP contribution in [0.2, 0.25) is 0 Å². The van der Waals surface area contributed by atoms with Crippen LogP contribution >= 0.6 is 0 Å². The predicted molar refractivity (Wildman–Crippen MR) is 57.1 cm³/mol. The first-order valence-corrected chi connectivity index (χ1v) is 4.72. The van der Waals surface area contributed by atoms with Crippen molar-refractivity contribution in [2.75, 3.05) is 0 Å². The maximum Gasteiger partial charge on any atom is 0.00347 e. The molecule has 0 heteroatoms. The Hall–Kier alpha value is -0.780. The van der Waals surface area contributed by atoms with E-state index in [1.165, 1.54) is 5.57 Å². The quantitative estimate of drug-likeness (QED) is 0.514. The second-order valence-electron chi connectivity index (χ2n) is 3.00. The highest BCUT2D eigenvalue weighted by molar-refractivity contribution is 5.20. The van der Waals surface area contributed by atoms with Crippen molar-refractivity contribution in [3.05, 3.63) is 36.5 Å². The molecule has 0 nitrogen and oxygen atoms in total. The van der Waals surface area contributed by atoms with Crippen molar-refractivity contribution in [1.29, 1.82) is 0 Å². The average molecular weight is 164 g/mol. The first kappa shape index (κ1) is 11.2. The fourth-order valence-electron chi connectivity index (χ4n) is 1.33. The molecule has 0 saturated carbocycles. The van der Waals surface area contributed by atoms with Crippen LogP contribution in [0.15, 0.2) is 36.5 Å². The molecule has 1 unspecified atom stereocenters. The van der Waals surface area contributed by atoms with E-state index in [0.717, 1.165) is 0 Å². The third kappa shape index (κ3) is 3.08. The summed E-state index contributed by atoms with van der Waals surface area (Å²) in [5, 5.41) is 0. The fraction of sp³-hybridized carbons (Fsp3) is 0.500. The van der Waals surface area contributed by atoms with Crippen molar-refractivity contribution in [3.63, 3.8) is 0 Å². The van der Waals surface area contributed by atoms with E-state index in [1.807, 2.05) is 13.8 Å². The Morgan fingerprint density at radius 3 is 2.00 bits per heavy atom. The van der Waals surface area contributed by atoms with E-state index >= 15 is 0 Å². The molecule has 0 aromatic heterocycles.